The lowest BCUT2D eigenvalue weighted by atomic mass is 10.3. The molecule has 0 aliphatic heterocycles. The molecule has 2 N–H and O–H groups in total. The third-order valence-electron chi connectivity index (χ3n) is 0.644. The van der Waals surface area contributed by atoms with Crippen LogP contribution in [0.3, 0.4) is 0 Å². The van der Waals surface area contributed by atoms with E-state index in [2.05, 4.69) is 6.92 Å². The van der Waals surface area contributed by atoms with Gasteiger partial charge < -0.3 is 5.73 Å². The Morgan fingerprint density at radius 3 is 1.83 bits per heavy atom. The Bertz CT molecular complexity index is 21.5. The van der Waals surface area contributed by atoms with E-state index in [0.29, 0.717) is 6.04 Å². The molecule has 0 bridgehead atoms. The second-order valence-corrected chi connectivity index (χ2v) is 1.39. The van der Waals surface area contributed by atoms with E-state index in [4.69, 9.17) is 5.73 Å². The van der Waals surface area contributed by atoms with Crippen LogP contribution >= 0.6 is 0 Å². The van der Waals surface area contributed by atoms with E-state index in [0.717, 1.165) is 6.42 Å². The first-order chi connectivity index (χ1) is 2.27. The summed E-state index contributed by atoms with van der Waals surface area (Å²) in [5.74, 6) is 0. The molecule has 40 valence electrons. The molecule has 0 heterocycles. The lowest BCUT2D eigenvalue weighted by molar-refractivity contribution is 0.715. The zero-order valence-electron chi connectivity index (χ0n) is 3.86. The number of nitrogens with two attached hydrogens (primary N) is 1. The standard InChI is InChI=1S/C4H11N.H4Si/c1-3-4(2)5;/h4H,3,5H2,1-2H3;1H4. The van der Waals surface area contributed by atoms with Crippen molar-refractivity contribution in [3.05, 3.63) is 0 Å². The van der Waals surface area contributed by atoms with Crippen LogP contribution in [0.4, 0.5) is 0 Å². The first-order valence-corrected chi connectivity index (χ1v) is 2.03. The van der Waals surface area contributed by atoms with Gasteiger partial charge in [0.15, 0.2) is 0 Å². The van der Waals surface area contributed by atoms with Crippen LogP contribution in [0.25, 0.3) is 0 Å². The zero-order valence-corrected chi connectivity index (χ0v) is 3.86. The van der Waals surface area contributed by atoms with Crippen LogP contribution in [0.5, 0.6) is 0 Å². The molecule has 0 saturated heterocycles. The van der Waals surface area contributed by atoms with Crippen molar-refractivity contribution in [1.82, 2.24) is 0 Å². The Hall–Kier alpha value is 0.177. The highest BCUT2D eigenvalue weighted by Crippen LogP contribution is 1.77. The van der Waals surface area contributed by atoms with Crippen LogP contribution in [-0.4, -0.2) is 17.0 Å². The Balaban J connectivity index is 0. The van der Waals surface area contributed by atoms with E-state index in [-0.39, 0.29) is 11.0 Å². The Morgan fingerprint density at radius 2 is 1.83 bits per heavy atom. The molecule has 1 nitrogen and oxygen atoms in total. The van der Waals surface area contributed by atoms with Crippen molar-refractivity contribution < 1.29 is 0 Å². The summed E-state index contributed by atoms with van der Waals surface area (Å²) in [6, 6.07) is 0.384. The van der Waals surface area contributed by atoms with Crippen LogP contribution in [0.15, 0.2) is 0 Å². The third kappa shape index (κ3) is 8.90. The van der Waals surface area contributed by atoms with E-state index in [1.54, 1.807) is 0 Å². The molecule has 0 aromatic rings. The van der Waals surface area contributed by atoms with E-state index in [9.17, 15) is 0 Å². The van der Waals surface area contributed by atoms with Crippen molar-refractivity contribution in [2.45, 2.75) is 26.3 Å². The van der Waals surface area contributed by atoms with Gasteiger partial charge in [-0.2, -0.15) is 0 Å². The quantitative estimate of drug-likeness (QED) is 0.438. The number of hydrogen-bond donors (Lipinski definition) is 1. The van der Waals surface area contributed by atoms with Crippen molar-refractivity contribution in [2.75, 3.05) is 0 Å². The highest BCUT2D eigenvalue weighted by molar-refractivity contribution is 5.75. The summed E-state index contributed by atoms with van der Waals surface area (Å²) in [6.45, 7) is 4.07. The lowest BCUT2D eigenvalue weighted by Crippen LogP contribution is -2.11. The maximum atomic E-state index is 5.29. The minimum Gasteiger partial charge on any atom is -0.328 e. The molecular weight excluding hydrogens is 90.1 g/mol. The van der Waals surface area contributed by atoms with Gasteiger partial charge in [-0.25, -0.2) is 0 Å². The summed E-state index contributed by atoms with van der Waals surface area (Å²) >= 11 is 0. The summed E-state index contributed by atoms with van der Waals surface area (Å²) in [7, 11) is 0. The topological polar surface area (TPSA) is 26.0 Å². The first-order valence-electron chi connectivity index (χ1n) is 2.03. The molecule has 2 heteroatoms. The van der Waals surface area contributed by atoms with Crippen molar-refractivity contribution in [1.29, 1.82) is 0 Å². The number of hydrogen-bond acceptors (Lipinski definition) is 1. The Kier molecular flexibility index (Phi) is 8.19. The van der Waals surface area contributed by atoms with Gasteiger partial charge >= 0.3 is 0 Å². The minimum absolute atomic E-state index is 0. The highest BCUT2D eigenvalue weighted by atomic mass is 28.1. The normalized spacial score (nSPS) is 12.5. The zero-order chi connectivity index (χ0) is 4.28. The van der Waals surface area contributed by atoms with Gasteiger partial charge in [0.1, 0.15) is 0 Å². The van der Waals surface area contributed by atoms with Gasteiger partial charge in [0.25, 0.3) is 0 Å². The monoisotopic (exact) mass is 105 g/mol. The van der Waals surface area contributed by atoms with Crippen LogP contribution in [0.1, 0.15) is 20.3 Å². The van der Waals surface area contributed by atoms with E-state index in [1.807, 2.05) is 6.92 Å². The van der Waals surface area contributed by atoms with Crippen molar-refractivity contribution >= 4 is 11.0 Å². The molecule has 0 aliphatic rings. The predicted molar refractivity (Wildman–Crippen MR) is 35.3 cm³/mol. The highest BCUT2D eigenvalue weighted by Gasteiger charge is 1.79. The second-order valence-electron chi connectivity index (χ2n) is 1.39. The SMILES string of the molecule is CCC(C)N.[SiH4]. The van der Waals surface area contributed by atoms with E-state index < -0.39 is 0 Å². The average molecular weight is 105 g/mol. The van der Waals surface area contributed by atoms with Gasteiger partial charge in [-0.3, -0.25) is 0 Å². The molecule has 0 radical (unpaired) electrons. The summed E-state index contributed by atoms with van der Waals surface area (Å²) < 4.78 is 0. The van der Waals surface area contributed by atoms with E-state index in [1.165, 1.54) is 0 Å². The predicted octanol–water partition coefficient (Wildman–Crippen LogP) is -0.708. The number of rotatable bonds is 1. The average Bonchev–Trinajstić information content (AvgIpc) is 1.38. The molecule has 0 amide bonds. The molecule has 0 saturated carbocycles. The Morgan fingerprint density at radius 1 is 1.67 bits per heavy atom. The van der Waals surface area contributed by atoms with Gasteiger partial charge in [0.05, 0.1) is 0 Å². The molecular formula is C4H15NSi. The fourth-order valence-corrected chi connectivity index (χ4v) is 0. The van der Waals surface area contributed by atoms with Gasteiger partial charge in [0, 0.05) is 6.04 Å². The molecule has 0 aromatic carbocycles. The van der Waals surface area contributed by atoms with Gasteiger partial charge in [-0.1, -0.05) is 6.92 Å². The van der Waals surface area contributed by atoms with Crippen LogP contribution < -0.4 is 5.73 Å². The molecule has 1 unspecified atom stereocenters. The second kappa shape index (κ2) is 5.18. The van der Waals surface area contributed by atoms with Crippen molar-refractivity contribution in [3.63, 3.8) is 0 Å². The summed E-state index contributed by atoms with van der Waals surface area (Å²) in [6.07, 6.45) is 1.08. The smallest absolute Gasteiger partial charge is 0.000781 e. The maximum absolute atomic E-state index is 5.29. The maximum Gasteiger partial charge on any atom is 0.000781 e. The summed E-state index contributed by atoms with van der Waals surface area (Å²) in [4.78, 5) is 0. The molecule has 1 atom stereocenters. The molecule has 0 spiro atoms. The van der Waals surface area contributed by atoms with Crippen LogP contribution in [-0.2, 0) is 0 Å². The van der Waals surface area contributed by atoms with Crippen molar-refractivity contribution in [3.8, 4) is 0 Å². The fraction of sp³-hybridized carbons (Fsp3) is 1.00. The van der Waals surface area contributed by atoms with Gasteiger partial charge in [-0.15, -0.1) is 0 Å². The third-order valence-corrected chi connectivity index (χ3v) is 0.644. The molecule has 6 heavy (non-hydrogen) atoms. The van der Waals surface area contributed by atoms with Crippen molar-refractivity contribution in [2.24, 2.45) is 5.73 Å². The molecule has 0 rings (SSSR count). The molecule has 0 fully saturated rings. The first kappa shape index (κ1) is 9.49. The molecule has 0 aliphatic carbocycles. The van der Waals surface area contributed by atoms with Crippen LogP contribution in [0, 0.1) is 0 Å². The Labute approximate surface area is 43.9 Å². The van der Waals surface area contributed by atoms with Gasteiger partial charge in [-0.05, 0) is 24.3 Å². The summed E-state index contributed by atoms with van der Waals surface area (Å²) in [5, 5.41) is 0. The largest absolute Gasteiger partial charge is 0.328 e. The lowest BCUT2D eigenvalue weighted by Gasteiger charge is -1.91. The van der Waals surface area contributed by atoms with Crippen LogP contribution in [0.2, 0.25) is 0 Å². The van der Waals surface area contributed by atoms with Gasteiger partial charge in [0.2, 0.25) is 0 Å². The minimum atomic E-state index is 0. The molecule has 0 aromatic heterocycles. The summed E-state index contributed by atoms with van der Waals surface area (Å²) in [5.41, 5.74) is 5.29. The fourth-order valence-electron chi connectivity index (χ4n) is 0. The van der Waals surface area contributed by atoms with E-state index >= 15 is 0 Å².